The van der Waals surface area contributed by atoms with Crippen molar-refractivity contribution in [3.63, 3.8) is 0 Å². The second-order valence-corrected chi connectivity index (χ2v) is 9.47. The maximum Gasteiger partial charge on any atom is 0.386 e. The number of anilines is 1. The first-order valence-electron chi connectivity index (χ1n) is 11.0. The highest BCUT2D eigenvalue weighted by Crippen LogP contribution is 2.34. The zero-order valence-corrected chi connectivity index (χ0v) is 20.7. The first-order valence-corrected chi connectivity index (χ1v) is 11.4. The molecule has 0 aromatic carbocycles. The summed E-state index contributed by atoms with van der Waals surface area (Å²) in [6.45, 7) is 3.25. The van der Waals surface area contributed by atoms with Crippen LogP contribution in [0.5, 0.6) is 5.88 Å². The molecule has 4 aromatic rings. The minimum Gasteiger partial charge on any atom is -0.463 e. The third-order valence-corrected chi connectivity index (χ3v) is 6.21. The van der Waals surface area contributed by atoms with Crippen LogP contribution in [0.15, 0.2) is 36.1 Å². The van der Waals surface area contributed by atoms with Crippen LogP contribution < -0.4 is 10.5 Å². The lowest BCUT2D eigenvalue weighted by Gasteiger charge is -2.29. The van der Waals surface area contributed by atoms with E-state index in [1.54, 1.807) is 38.1 Å². The number of halogens is 2. The Morgan fingerprint density at radius 3 is 2.62 bits per heavy atom. The van der Waals surface area contributed by atoms with Crippen LogP contribution >= 0.6 is 11.6 Å². The molecular formula is C22H23ClFN9O4. The molecule has 0 aliphatic carbocycles. The summed E-state index contributed by atoms with van der Waals surface area (Å²) in [4.78, 5) is 14.4. The van der Waals surface area contributed by atoms with Gasteiger partial charge in [0.1, 0.15) is 29.7 Å². The Hall–Kier alpha value is -3.85. The lowest BCUT2D eigenvalue weighted by atomic mass is 10.0. The zero-order valence-electron chi connectivity index (χ0n) is 20.0. The molecule has 194 valence electrons. The highest BCUT2D eigenvalue weighted by atomic mass is 35.5. The third kappa shape index (κ3) is 4.33. The molecule has 0 saturated carbocycles. The molecule has 5 N–H and O–H groups in total. The monoisotopic (exact) mass is 531 g/mol. The number of hydrogen-bond donors (Lipinski definition) is 4. The van der Waals surface area contributed by atoms with Gasteiger partial charge in [0.25, 0.3) is 0 Å². The van der Waals surface area contributed by atoms with E-state index in [0.29, 0.717) is 27.0 Å². The number of hydrazone groups is 1. The zero-order chi connectivity index (χ0) is 26.7. The number of aliphatic hydroxyl groups is 3. The van der Waals surface area contributed by atoms with Crippen LogP contribution in [0.1, 0.15) is 25.0 Å². The van der Waals surface area contributed by atoms with Crippen LogP contribution in [0.4, 0.5) is 10.2 Å². The number of ether oxygens (including phenoxy) is 1. The number of amidine groups is 1. The van der Waals surface area contributed by atoms with Gasteiger partial charge in [-0.3, -0.25) is 0 Å². The molecule has 0 spiro atoms. The number of hydrogen-bond acceptors (Lipinski definition) is 12. The summed E-state index contributed by atoms with van der Waals surface area (Å²) in [6, 6.07) is 1.60. The van der Waals surface area contributed by atoms with E-state index in [0.717, 1.165) is 0 Å². The number of pyridine rings is 2. The molecule has 0 amide bonds. The lowest BCUT2D eigenvalue weighted by molar-refractivity contribution is -0.394. The molecule has 0 saturated heterocycles. The Morgan fingerprint density at radius 1 is 1.16 bits per heavy atom. The molecule has 1 aliphatic heterocycles. The molecule has 0 atom stereocenters. The summed E-state index contributed by atoms with van der Waals surface area (Å²) in [5.74, 6) is -0.0458. The van der Waals surface area contributed by atoms with Crippen molar-refractivity contribution < 1.29 is 24.4 Å². The molecule has 5 rings (SSSR count). The van der Waals surface area contributed by atoms with E-state index in [4.69, 9.17) is 22.1 Å². The van der Waals surface area contributed by atoms with Crippen molar-refractivity contribution in [1.82, 2.24) is 34.5 Å². The SMILES string of the molecule is CN1CN(C(O)(O)O)N=C1C(C)(C)Oc1ncc(Cc2ccn3ncc(Cl)c3c2F)c2ncnc(N)c12. The van der Waals surface area contributed by atoms with Gasteiger partial charge in [-0.2, -0.15) is 15.2 Å². The van der Waals surface area contributed by atoms with Crippen molar-refractivity contribution in [3.8, 4) is 5.88 Å². The predicted octanol–water partition coefficient (Wildman–Crippen LogP) is 0.902. The van der Waals surface area contributed by atoms with E-state index < -0.39 is 17.5 Å². The summed E-state index contributed by atoms with van der Waals surface area (Å²) in [5, 5.41) is 37.8. The van der Waals surface area contributed by atoms with E-state index in [1.165, 1.54) is 23.2 Å². The largest absolute Gasteiger partial charge is 0.463 e. The van der Waals surface area contributed by atoms with E-state index in [2.05, 4.69) is 25.2 Å². The summed E-state index contributed by atoms with van der Waals surface area (Å²) < 4.78 is 22.8. The van der Waals surface area contributed by atoms with Crippen molar-refractivity contribution in [2.24, 2.45) is 5.10 Å². The van der Waals surface area contributed by atoms with Crippen LogP contribution in [0.3, 0.4) is 0 Å². The Kier molecular flexibility index (Phi) is 5.79. The average molecular weight is 532 g/mol. The van der Waals surface area contributed by atoms with Crippen molar-refractivity contribution in [3.05, 3.63) is 53.0 Å². The van der Waals surface area contributed by atoms with Gasteiger partial charge >= 0.3 is 6.10 Å². The van der Waals surface area contributed by atoms with E-state index >= 15 is 4.39 Å². The van der Waals surface area contributed by atoms with E-state index in [9.17, 15) is 15.3 Å². The normalized spacial score (nSPS) is 14.6. The smallest absolute Gasteiger partial charge is 0.386 e. The van der Waals surface area contributed by atoms with Crippen LogP contribution in [0, 0.1) is 5.82 Å². The quantitative estimate of drug-likeness (QED) is 0.260. The number of rotatable bonds is 6. The lowest BCUT2D eigenvalue weighted by Crippen LogP contribution is -2.47. The first-order chi connectivity index (χ1) is 17.4. The van der Waals surface area contributed by atoms with Gasteiger partial charge in [-0.25, -0.2) is 23.9 Å². The third-order valence-electron chi connectivity index (χ3n) is 5.93. The summed E-state index contributed by atoms with van der Waals surface area (Å²) in [7, 11) is 1.64. The number of nitrogen functional groups attached to an aromatic ring is 1. The molecule has 13 nitrogen and oxygen atoms in total. The van der Waals surface area contributed by atoms with Gasteiger partial charge in [-0.15, -0.1) is 0 Å². The molecular weight excluding hydrogens is 509 g/mol. The predicted molar refractivity (Wildman–Crippen MR) is 131 cm³/mol. The number of aromatic nitrogens is 5. The van der Waals surface area contributed by atoms with Crippen LogP contribution in [0.2, 0.25) is 5.02 Å². The van der Waals surface area contributed by atoms with Gasteiger partial charge in [0, 0.05) is 31.4 Å². The van der Waals surface area contributed by atoms with Crippen molar-refractivity contribution >= 4 is 39.7 Å². The average Bonchev–Trinajstić information content (AvgIpc) is 3.40. The number of nitrogens with two attached hydrogens (primary N) is 1. The maximum atomic E-state index is 15.2. The standard InChI is InChI=1S/C22H23ClFN9O4/c1-21(2,20-30-33(10-31(20)3)22(34,35)36)37-19-14-16(27-9-28-18(14)25)12(7-26-19)6-11-4-5-32-17(15(11)24)13(23)8-29-32/h4-5,7-9,34-36H,6,10H2,1-3H3,(H2,25,27,28). The van der Waals surface area contributed by atoms with Gasteiger partial charge in [-0.05, 0) is 25.5 Å². The fourth-order valence-electron chi connectivity index (χ4n) is 4.23. The van der Waals surface area contributed by atoms with E-state index in [1.807, 2.05) is 0 Å². The van der Waals surface area contributed by atoms with Gasteiger partial charge in [0.05, 0.1) is 16.7 Å². The highest BCUT2D eigenvalue weighted by molar-refractivity contribution is 6.33. The van der Waals surface area contributed by atoms with Gasteiger partial charge in [-0.1, -0.05) is 11.6 Å². The Labute approximate surface area is 214 Å². The molecule has 0 unspecified atom stereocenters. The summed E-state index contributed by atoms with van der Waals surface area (Å²) >= 11 is 6.10. The van der Waals surface area contributed by atoms with Crippen molar-refractivity contribution in [1.29, 1.82) is 0 Å². The molecule has 5 heterocycles. The highest BCUT2D eigenvalue weighted by Gasteiger charge is 2.42. The Morgan fingerprint density at radius 2 is 1.92 bits per heavy atom. The Bertz CT molecular complexity index is 1550. The molecule has 0 bridgehead atoms. The van der Waals surface area contributed by atoms with Gasteiger partial charge in [0.2, 0.25) is 5.88 Å². The molecule has 4 aromatic heterocycles. The van der Waals surface area contributed by atoms with Gasteiger partial charge in [0.15, 0.2) is 17.3 Å². The number of nitrogens with zero attached hydrogens (tertiary/aromatic N) is 8. The minimum absolute atomic E-state index is 0.0921. The van der Waals surface area contributed by atoms with Crippen molar-refractivity contribution in [2.75, 3.05) is 19.5 Å². The van der Waals surface area contributed by atoms with Gasteiger partial charge < -0.3 is 30.7 Å². The van der Waals surface area contributed by atoms with Crippen molar-refractivity contribution in [2.45, 2.75) is 32.0 Å². The molecule has 0 radical (unpaired) electrons. The summed E-state index contributed by atoms with van der Waals surface area (Å²) in [5.41, 5.74) is 6.52. The van der Waals surface area contributed by atoms with Crippen LogP contribution in [0.25, 0.3) is 16.4 Å². The van der Waals surface area contributed by atoms with E-state index in [-0.39, 0.29) is 41.2 Å². The Balaban J connectivity index is 1.53. The number of fused-ring (bicyclic) bond motifs is 2. The molecule has 1 aliphatic rings. The fourth-order valence-corrected chi connectivity index (χ4v) is 4.44. The number of likely N-dealkylation sites (N-methyl/N-ethyl adjacent to an activating group) is 1. The van der Waals surface area contributed by atoms with Crippen LogP contribution in [-0.4, -0.2) is 81.0 Å². The summed E-state index contributed by atoms with van der Waals surface area (Å²) in [6.07, 6.45) is 2.77. The minimum atomic E-state index is -3.14. The topological polar surface area (TPSA) is 171 Å². The molecule has 0 fully saturated rings. The fraction of sp³-hybridized carbons (Fsp3) is 0.318. The molecule has 15 heteroatoms. The van der Waals surface area contributed by atoms with Crippen LogP contribution in [-0.2, 0) is 6.42 Å². The second kappa shape index (κ2) is 8.62. The second-order valence-electron chi connectivity index (χ2n) is 9.06. The first kappa shape index (κ1) is 24.8. The maximum absolute atomic E-state index is 15.2. The molecule has 37 heavy (non-hydrogen) atoms.